The SMILES string of the molecule is Cc1ccc(SCc2nnc(SCC(=O)Nc3cccc(C(F)(F)F)c3)n2-c2cccc(C)c2)cc1. The molecule has 3 aromatic carbocycles. The first kappa shape index (κ1) is 25.8. The number of rotatable bonds is 8. The molecule has 1 aromatic heterocycles. The Balaban J connectivity index is 1.50. The third-order valence-corrected chi connectivity index (χ3v) is 7.09. The number of halogens is 3. The lowest BCUT2D eigenvalue weighted by Gasteiger charge is -2.12. The molecular formula is C26H23F3N4OS2. The zero-order chi connectivity index (χ0) is 25.7. The van der Waals surface area contributed by atoms with Crippen LogP contribution in [0.3, 0.4) is 0 Å². The van der Waals surface area contributed by atoms with Crippen LogP contribution in [0.2, 0.25) is 0 Å². The molecule has 1 heterocycles. The number of carbonyl (C=O) groups excluding carboxylic acids is 1. The van der Waals surface area contributed by atoms with E-state index in [1.54, 1.807) is 11.8 Å². The number of nitrogens with one attached hydrogen (secondary N) is 1. The highest BCUT2D eigenvalue weighted by Crippen LogP contribution is 2.31. The molecule has 0 aliphatic rings. The molecule has 0 atom stereocenters. The molecule has 186 valence electrons. The Kier molecular flexibility index (Phi) is 8.05. The molecule has 1 N–H and O–H groups in total. The van der Waals surface area contributed by atoms with Gasteiger partial charge in [0.25, 0.3) is 0 Å². The third-order valence-electron chi connectivity index (χ3n) is 5.16. The van der Waals surface area contributed by atoms with E-state index < -0.39 is 17.6 Å². The molecule has 0 spiro atoms. The number of anilines is 1. The van der Waals surface area contributed by atoms with E-state index in [9.17, 15) is 18.0 Å². The molecule has 1 amide bonds. The third kappa shape index (κ3) is 6.70. The minimum Gasteiger partial charge on any atom is -0.325 e. The first-order chi connectivity index (χ1) is 17.2. The van der Waals surface area contributed by atoms with Crippen molar-refractivity contribution in [1.29, 1.82) is 0 Å². The smallest absolute Gasteiger partial charge is 0.325 e. The van der Waals surface area contributed by atoms with E-state index in [0.29, 0.717) is 10.9 Å². The fourth-order valence-corrected chi connectivity index (χ4v) is 4.98. The molecule has 0 aliphatic heterocycles. The Morgan fingerprint density at radius 3 is 2.39 bits per heavy atom. The van der Waals surface area contributed by atoms with Gasteiger partial charge in [0.05, 0.1) is 17.1 Å². The van der Waals surface area contributed by atoms with Crippen LogP contribution in [-0.2, 0) is 16.7 Å². The highest BCUT2D eigenvalue weighted by Gasteiger charge is 2.30. The van der Waals surface area contributed by atoms with Crippen LogP contribution < -0.4 is 5.32 Å². The summed E-state index contributed by atoms with van der Waals surface area (Å²) >= 11 is 2.81. The highest BCUT2D eigenvalue weighted by atomic mass is 32.2. The largest absolute Gasteiger partial charge is 0.416 e. The first-order valence-electron chi connectivity index (χ1n) is 11.0. The lowest BCUT2D eigenvalue weighted by Crippen LogP contribution is -2.15. The minimum absolute atomic E-state index is 0.0364. The Bertz CT molecular complexity index is 1350. The molecule has 10 heteroatoms. The number of alkyl halides is 3. The number of benzene rings is 3. The summed E-state index contributed by atoms with van der Waals surface area (Å²) in [7, 11) is 0. The summed E-state index contributed by atoms with van der Waals surface area (Å²) in [4.78, 5) is 13.6. The van der Waals surface area contributed by atoms with Gasteiger partial charge in [-0.3, -0.25) is 9.36 Å². The van der Waals surface area contributed by atoms with E-state index in [0.717, 1.165) is 34.1 Å². The van der Waals surface area contributed by atoms with E-state index >= 15 is 0 Å². The van der Waals surface area contributed by atoms with Gasteiger partial charge in [-0.05, 0) is 61.9 Å². The Hall–Kier alpha value is -3.24. The fraction of sp³-hybridized carbons (Fsp3) is 0.192. The number of aryl methyl sites for hydroxylation is 2. The molecule has 0 saturated carbocycles. The van der Waals surface area contributed by atoms with E-state index in [2.05, 4.69) is 39.8 Å². The van der Waals surface area contributed by atoms with Crippen LogP contribution in [0.15, 0.2) is 82.8 Å². The van der Waals surface area contributed by atoms with Crippen molar-refractivity contribution in [2.24, 2.45) is 0 Å². The quantitative estimate of drug-likeness (QED) is 0.252. The van der Waals surface area contributed by atoms with Crippen molar-refractivity contribution < 1.29 is 18.0 Å². The van der Waals surface area contributed by atoms with Crippen LogP contribution in [0.1, 0.15) is 22.5 Å². The molecule has 4 rings (SSSR count). The molecular weight excluding hydrogens is 505 g/mol. The molecule has 0 aliphatic carbocycles. The maximum atomic E-state index is 13.0. The van der Waals surface area contributed by atoms with Gasteiger partial charge in [-0.1, -0.05) is 47.7 Å². The second-order valence-corrected chi connectivity index (χ2v) is 10.1. The van der Waals surface area contributed by atoms with Gasteiger partial charge in [0, 0.05) is 16.3 Å². The Morgan fingerprint density at radius 2 is 1.67 bits per heavy atom. The molecule has 36 heavy (non-hydrogen) atoms. The Labute approximate surface area is 215 Å². The van der Waals surface area contributed by atoms with Crippen molar-refractivity contribution in [3.8, 4) is 5.69 Å². The molecule has 5 nitrogen and oxygen atoms in total. The number of thioether (sulfide) groups is 2. The number of hydrogen-bond acceptors (Lipinski definition) is 5. The second-order valence-electron chi connectivity index (χ2n) is 8.09. The maximum absolute atomic E-state index is 13.0. The van der Waals surface area contributed by atoms with Crippen LogP contribution in [0, 0.1) is 13.8 Å². The van der Waals surface area contributed by atoms with Crippen molar-refractivity contribution in [2.45, 2.75) is 35.8 Å². The summed E-state index contributed by atoms with van der Waals surface area (Å²) in [6.45, 7) is 4.03. The maximum Gasteiger partial charge on any atom is 0.416 e. The summed E-state index contributed by atoms with van der Waals surface area (Å²) in [5.74, 6) is 0.826. The topological polar surface area (TPSA) is 59.8 Å². The van der Waals surface area contributed by atoms with E-state index in [-0.39, 0.29) is 11.4 Å². The van der Waals surface area contributed by atoms with Gasteiger partial charge >= 0.3 is 6.18 Å². The normalized spacial score (nSPS) is 11.5. The average Bonchev–Trinajstić information content (AvgIpc) is 3.25. The molecule has 0 saturated heterocycles. The number of carbonyl (C=O) groups is 1. The Morgan fingerprint density at radius 1 is 0.917 bits per heavy atom. The zero-order valence-electron chi connectivity index (χ0n) is 19.5. The number of hydrogen-bond donors (Lipinski definition) is 1. The molecule has 0 bridgehead atoms. The van der Waals surface area contributed by atoms with Crippen molar-refractivity contribution in [1.82, 2.24) is 14.8 Å². The second kappa shape index (κ2) is 11.2. The number of nitrogens with zero attached hydrogens (tertiary/aromatic N) is 3. The molecule has 0 fully saturated rings. The lowest BCUT2D eigenvalue weighted by molar-refractivity contribution is -0.137. The van der Waals surface area contributed by atoms with Gasteiger partial charge in [-0.15, -0.1) is 22.0 Å². The van der Waals surface area contributed by atoms with Crippen LogP contribution in [0.5, 0.6) is 0 Å². The summed E-state index contributed by atoms with van der Waals surface area (Å²) in [5, 5.41) is 11.7. The monoisotopic (exact) mass is 528 g/mol. The van der Waals surface area contributed by atoms with Crippen molar-refractivity contribution in [2.75, 3.05) is 11.1 Å². The zero-order valence-corrected chi connectivity index (χ0v) is 21.2. The van der Waals surface area contributed by atoms with E-state index in [1.165, 1.54) is 29.5 Å². The minimum atomic E-state index is -4.48. The summed E-state index contributed by atoms with van der Waals surface area (Å²) in [6, 6.07) is 20.7. The summed E-state index contributed by atoms with van der Waals surface area (Å²) in [6.07, 6.45) is -4.48. The van der Waals surface area contributed by atoms with Gasteiger partial charge in [0.2, 0.25) is 5.91 Å². The van der Waals surface area contributed by atoms with Crippen LogP contribution in [0.25, 0.3) is 5.69 Å². The van der Waals surface area contributed by atoms with Gasteiger partial charge < -0.3 is 5.32 Å². The lowest BCUT2D eigenvalue weighted by atomic mass is 10.2. The molecule has 4 aromatic rings. The van der Waals surface area contributed by atoms with Crippen molar-refractivity contribution >= 4 is 35.1 Å². The number of aromatic nitrogens is 3. The predicted molar refractivity (Wildman–Crippen MR) is 138 cm³/mol. The van der Waals surface area contributed by atoms with Gasteiger partial charge in [0.1, 0.15) is 5.82 Å². The van der Waals surface area contributed by atoms with Crippen LogP contribution in [-0.4, -0.2) is 26.4 Å². The number of amides is 1. The van der Waals surface area contributed by atoms with Gasteiger partial charge in [-0.25, -0.2) is 0 Å². The summed E-state index contributed by atoms with van der Waals surface area (Å²) < 4.78 is 40.8. The fourth-order valence-electron chi connectivity index (χ4n) is 3.40. The predicted octanol–water partition coefficient (Wildman–Crippen LogP) is 6.93. The standard InChI is InChI=1S/C26H23F3N4OS2/c1-17-9-11-22(12-10-17)35-15-23-31-32-25(33(23)21-8-3-5-18(2)13-21)36-16-24(34)30-20-7-4-6-19(14-20)26(27,28)29/h3-14H,15-16H2,1-2H3,(H,30,34). The average molecular weight is 529 g/mol. The van der Waals surface area contributed by atoms with E-state index in [1.807, 2.05) is 42.7 Å². The van der Waals surface area contributed by atoms with Crippen molar-refractivity contribution in [3.63, 3.8) is 0 Å². The van der Waals surface area contributed by atoms with Gasteiger partial charge in [0.15, 0.2) is 5.16 Å². The highest BCUT2D eigenvalue weighted by molar-refractivity contribution is 7.99. The van der Waals surface area contributed by atoms with E-state index in [4.69, 9.17) is 0 Å². The summed E-state index contributed by atoms with van der Waals surface area (Å²) in [5.41, 5.74) is 2.40. The van der Waals surface area contributed by atoms with Crippen LogP contribution >= 0.6 is 23.5 Å². The van der Waals surface area contributed by atoms with Crippen molar-refractivity contribution in [3.05, 3.63) is 95.3 Å². The molecule has 0 unspecified atom stereocenters. The first-order valence-corrected chi connectivity index (χ1v) is 13.0. The molecule has 0 radical (unpaired) electrons. The van der Waals surface area contributed by atoms with Crippen LogP contribution in [0.4, 0.5) is 18.9 Å². The van der Waals surface area contributed by atoms with Gasteiger partial charge in [-0.2, -0.15) is 13.2 Å².